The van der Waals surface area contributed by atoms with Gasteiger partial charge in [0, 0.05) is 7.43 Å². The van der Waals surface area contributed by atoms with E-state index < -0.39 is 6.68 Å². The average Bonchev–Trinajstić information content (AvgIpc) is 0.811. The Bertz CT molecular complexity index is 9.61. The Labute approximate surface area is 28.6 Å². The molecule has 30 valence electrons. The summed E-state index contributed by atoms with van der Waals surface area (Å²) < 4.78 is 29.0. The van der Waals surface area contributed by atoms with Crippen LogP contribution >= 0.6 is 0 Å². The van der Waals surface area contributed by atoms with Gasteiger partial charge in [-0.05, 0) is 0 Å². The van der Waals surface area contributed by atoms with E-state index in [2.05, 4.69) is 0 Å². The Hall–Kier alpha value is -0.210. The predicted molar refractivity (Wildman–Crippen MR) is 10.4 cm³/mol. The van der Waals surface area contributed by atoms with E-state index in [1.165, 1.54) is 0 Å². The number of hydrogen-bond donors (Lipinski definition) is 0. The van der Waals surface area contributed by atoms with E-state index >= 15 is 0 Å². The van der Waals surface area contributed by atoms with Crippen LogP contribution in [0.2, 0.25) is 0 Å². The highest BCUT2D eigenvalue weighted by atomic mass is 19.4. The van der Waals surface area contributed by atoms with Crippen LogP contribution in [0.1, 0.15) is 0 Å². The SMILES string of the molecule is FC(F)F.[C]. The lowest BCUT2D eigenvalue weighted by molar-refractivity contribution is 0.00819. The first-order chi connectivity index (χ1) is 1.73. The van der Waals surface area contributed by atoms with E-state index in [0.717, 1.165) is 0 Å². The predicted octanol–water partition coefficient (Wildman–Crippen LogP) is 1.26. The van der Waals surface area contributed by atoms with Gasteiger partial charge < -0.3 is 0 Å². The molecule has 0 unspecified atom stereocenters. The summed E-state index contributed by atoms with van der Waals surface area (Å²) in [5.41, 5.74) is 0. The van der Waals surface area contributed by atoms with Crippen molar-refractivity contribution in [3.05, 3.63) is 7.43 Å². The van der Waals surface area contributed by atoms with E-state index in [0.29, 0.717) is 0 Å². The molecule has 0 aromatic carbocycles. The molecule has 4 radical (unpaired) electrons. The Morgan fingerprint density at radius 2 is 1.00 bits per heavy atom. The van der Waals surface area contributed by atoms with Crippen molar-refractivity contribution in [1.82, 2.24) is 0 Å². The minimum absolute atomic E-state index is 0. The van der Waals surface area contributed by atoms with Gasteiger partial charge in [-0.2, -0.15) is 13.2 Å². The van der Waals surface area contributed by atoms with E-state index in [1.807, 2.05) is 0 Å². The van der Waals surface area contributed by atoms with Crippen molar-refractivity contribution in [3.63, 3.8) is 0 Å². The molecule has 5 heavy (non-hydrogen) atoms. The second-order valence-corrected chi connectivity index (χ2v) is 0.247. The Balaban J connectivity index is 0. The van der Waals surface area contributed by atoms with Gasteiger partial charge in [-0.15, -0.1) is 0 Å². The molecule has 0 nitrogen and oxygen atoms in total. The van der Waals surface area contributed by atoms with Gasteiger partial charge in [-0.3, -0.25) is 0 Å². The van der Waals surface area contributed by atoms with Crippen LogP contribution in [-0.4, -0.2) is 6.68 Å². The number of rotatable bonds is 0. The molecule has 0 aromatic rings. The lowest BCUT2D eigenvalue weighted by atomic mass is 11.6. The van der Waals surface area contributed by atoms with Crippen LogP contribution in [0.5, 0.6) is 0 Å². The van der Waals surface area contributed by atoms with Gasteiger partial charge in [0.05, 0.1) is 0 Å². The van der Waals surface area contributed by atoms with E-state index in [1.54, 1.807) is 0 Å². The van der Waals surface area contributed by atoms with E-state index in [-0.39, 0.29) is 7.43 Å². The summed E-state index contributed by atoms with van der Waals surface area (Å²) in [7, 11) is 0. The van der Waals surface area contributed by atoms with Crippen LogP contribution in [0.4, 0.5) is 13.2 Å². The van der Waals surface area contributed by atoms with Gasteiger partial charge in [-0.1, -0.05) is 0 Å². The first-order valence-corrected chi connectivity index (χ1v) is 0.655. The van der Waals surface area contributed by atoms with Crippen molar-refractivity contribution < 1.29 is 13.2 Å². The van der Waals surface area contributed by atoms with Crippen molar-refractivity contribution in [2.45, 2.75) is 6.68 Å². The molecule has 3 heteroatoms. The molecular weight excluding hydrogens is 81.0 g/mol. The third-order valence-electron chi connectivity index (χ3n) is 0. The van der Waals surface area contributed by atoms with Gasteiger partial charge in [0.1, 0.15) is 0 Å². The topological polar surface area (TPSA) is 0 Å². The summed E-state index contributed by atoms with van der Waals surface area (Å²) in [4.78, 5) is 0. The maximum atomic E-state index is 9.67. The van der Waals surface area contributed by atoms with Crippen LogP contribution < -0.4 is 0 Å². The molecule has 0 heterocycles. The van der Waals surface area contributed by atoms with Crippen molar-refractivity contribution in [3.8, 4) is 0 Å². The zero-order chi connectivity index (χ0) is 3.58. The van der Waals surface area contributed by atoms with E-state index in [4.69, 9.17) is 0 Å². The van der Waals surface area contributed by atoms with Gasteiger partial charge in [0.2, 0.25) is 0 Å². The van der Waals surface area contributed by atoms with Crippen molar-refractivity contribution in [2.75, 3.05) is 0 Å². The molecule has 0 rings (SSSR count). The molecule has 0 aliphatic rings. The molecule has 0 atom stereocenters. The minimum Gasteiger partial charge on any atom is -0.174 e. The molecule has 0 saturated heterocycles. The minimum atomic E-state index is -3.67. The Morgan fingerprint density at radius 1 is 1.00 bits per heavy atom. The van der Waals surface area contributed by atoms with Gasteiger partial charge >= 0.3 is 6.68 Å². The monoisotopic (exact) mass is 82.0 g/mol. The first-order valence-electron chi connectivity index (χ1n) is 0.655. The highest BCUT2D eigenvalue weighted by Crippen LogP contribution is 1.87. The molecule has 0 N–H and O–H groups in total. The molecule has 0 aliphatic heterocycles. The largest absolute Gasteiger partial charge is 0.379 e. The number of alkyl halides is 3. The summed E-state index contributed by atoms with van der Waals surface area (Å²) in [5.74, 6) is 0. The van der Waals surface area contributed by atoms with Crippen molar-refractivity contribution >= 4 is 0 Å². The summed E-state index contributed by atoms with van der Waals surface area (Å²) in [6, 6.07) is 0. The second kappa shape index (κ2) is 3.79. The Kier molecular flexibility index (Phi) is 6.70. The van der Waals surface area contributed by atoms with Crippen LogP contribution in [0.25, 0.3) is 0 Å². The van der Waals surface area contributed by atoms with Crippen LogP contribution in [0, 0.1) is 7.43 Å². The molecule has 0 aromatic heterocycles. The first kappa shape index (κ1) is 8.84. The summed E-state index contributed by atoms with van der Waals surface area (Å²) in [6.07, 6.45) is 0. The van der Waals surface area contributed by atoms with Gasteiger partial charge in [0.25, 0.3) is 0 Å². The zero-order valence-electron chi connectivity index (χ0n) is 2.21. The van der Waals surface area contributed by atoms with Crippen LogP contribution in [0.3, 0.4) is 0 Å². The fraction of sp³-hybridized carbons (Fsp3) is 0.500. The third-order valence-corrected chi connectivity index (χ3v) is 0. The van der Waals surface area contributed by atoms with Crippen LogP contribution in [0.15, 0.2) is 0 Å². The van der Waals surface area contributed by atoms with Gasteiger partial charge in [-0.25, -0.2) is 0 Å². The second-order valence-electron chi connectivity index (χ2n) is 0.247. The quantitative estimate of drug-likeness (QED) is 0.412. The molecule has 0 fully saturated rings. The molecule has 0 aliphatic carbocycles. The molecule has 0 bridgehead atoms. The lowest BCUT2D eigenvalue weighted by Gasteiger charge is -1.65. The maximum Gasteiger partial charge on any atom is 0.379 e. The Morgan fingerprint density at radius 3 is 1.00 bits per heavy atom. The molecule has 0 spiro atoms. The number of halogens is 3. The fourth-order valence-electron chi connectivity index (χ4n) is 0. The van der Waals surface area contributed by atoms with E-state index in [9.17, 15) is 13.2 Å². The standard InChI is InChI=1S/CHF3.C/c2-1(3)4;/h1H;. The highest BCUT2D eigenvalue weighted by Gasteiger charge is 1.86. The maximum absolute atomic E-state index is 9.67. The summed E-state index contributed by atoms with van der Waals surface area (Å²) in [5, 5.41) is 0. The molecular formula is C2HF3. The van der Waals surface area contributed by atoms with Crippen molar-refractivity contribution in [2.24, 2.45) is 0 Å². The molecule has 0 amide bonds. The van der Waals surface area contributed by atoms with Crippen molar-refractivity contribution in [1.29, 1.82) is 0 Å². The third kappa shape index (κ3) is 275. The average molecular weight is 82.0 g/mol. The summed E-state index contributed by atoms with van der Waals surface area (Å²) in [6.45, 7) is -3.67. The normalized spacial score (nSPS) is 7.20. The zero-order valence-corrected chi connectivity index (χ0v) is 2.21. The van der Waals surface area contributed by atoms with Crippen LogP contribution in [-0.2, 0) is 0 Å². The lowest BCUT2D eigenvalue weighted by Crippen LogP contribution is -1.65. The fourth-order valence-corrected chi connectivity index (χ4v) is 0. The van der Waals surface area contributed by atoms with Gasteiger partial charge in [0.15, 0.2) is 0 Å². The number of hydrogen-bond acceptors (Lipinski definition) is 0. The highest BCUT2D eigenvalue weighted by molar-refractivity contribution is 3.83. The molecule has 0 saturated carbocycles. The smallest absolute Gasteiger partial charge is 0.174 e. The summed E-state index contributed by atoms with van der Waals surface area (Å²) >= 11 is 0.